The van der Waals surface area contributed by atoms with Crippen LogP contribution in [0.25, 0.3) is 10.6 Å². The fraction of sp³-hybridized carbons (Fsp3) is 0.429. The van der Waals surface area contributed by atoms with Crippen molar-refractivity contribution in [2.75, 3.05) is 13.1 Å². The van der Waals surface area contributed by atoms with E-state index >= 15 is 0 Å². The second-order valence-corrected chi connectivity index (χ2v) is 6.24. The van der Waals surface area contributed by atoms with E-state index < -0.39 is 0 Å². The number of nitrogens with two attached hydrogens (primary N) is 1. The van der Waals surface area contributed by atoms with Gasteiger partial charge in [0, 0.05) is 12.6 Å². The van der Waals surface area contributed by atoms with Gasteiger partial charge in [0.1, 0.15) is 0 Å². The molecule has 20 heavy (non-hydrogen) atoms. The average Bonchev–Trinajstić information content (AvgIpc) is 3.17. The average molecular weight is 290 g/mol. The van der Waals surface area contributed by atoms with Gasteiger partial charge >= 0.3 is 0 Å². The van der Waals surface area contributed by atoms with E-state index in [-0.39, 0.29) is 11.9 Å². The molecule has 1 saturated heterocycles. The van der Waals surface area contributed by atoms with Crippen LogP contribution in [0.4, 0.5) is 0 Å². The number of H-pyrrole nitrogens is 1. The van der Waals surface area contributed by atoms with E-state index in [1.165, 1.54) is 0 Å². The molecule has 3 rings (SSSR count). The minimum Gasteiger partial charge on any atom is -0.334 e. The van der Waals surface area contributed by atoms with Gasteiger partial charge in [-0.3, -0.25) is 9.89 Å². The third-order valence-corrected chi connectivity index (χ3v) is 4.74. The highest BCUT2D eigenvalue weighted by molar-refractivity contribution is 7.13. The lowest BCUT2D eigenvalue weighted by atomic mass is 10.1. The number of likely N-dealkylation sites (tertiary alicyclic amines) is 1. The Morgan fingerprint density at radius 3 is 3.15 bits per heavy atom. The van der Waals surface area contributed by atoms with Gasteiger partial charge in [-0.2, -0.15) is 5.10 Å². The Hall–Kier alpha value is -1.66. The van der Waals surface area contributed by atoms with Gasteiger partial charge in [-0.05, 0) is 43.3 Å². The number of nitrogens with zero attached hydrogens (tertiary/aromatic N) is 2. The molecule has 0 aromatic carbocycles. The van der Waals surface area contributed by atoms with Crippen molar-refractivity contribution < 1.29 is 4.79 Å². The number of nitrogens with one attached hydrogen (secondary N) is 1. The van der Waals surface area contributed by atoms with Gasteiger partial charge in [0.25, 0.3) is 5.91 Å². The molecule has 6 heteroatoms. The van der Waals surface area contributed by atoms with E-state index in [9.17, 15) is 4.79 Å². The van der Waals surface area contributed by atoms with Crippen LogP contribution in [-0.4, -0.2) is 40.1 Å². The van der Waals surface area contributed by atoms with E-state index in [2.05, 4.69) is 17.1 Å². The summed E-state index contributed by atoms with van der Waals surface area (Å²) in [5.74, 6) is 0.400. The first-order valence-corrected chi connectivity index (χ1v) is 7.67. The first-order chi connectivity index (χ1) is 9.69. The quantitative estimate of drug-likeness (QED) is 0.907. The maximum absolute atomic E-state index is 12.5. The van der Waals surface area contributed by atoms with Crippen molar-refractivity contribution in [2.24, 2.45) is 11.7 Å². The number of amides is 1. The molecule has 2 aromatic heterocycles. The Kier molecular flexibility index (Phi) is 3.58. The van der Waals surface area contributed by atoms with Crippen LogP contribution in [0.5, 0.6) is 0 Å². The maximum Gasteiger partial charge on any atom is 0.274 e. The lowest BCUT2D eigenvalue weighted by Crippen LogP contribution is -2.34. The van der Waals surface area contributed by atoms with Crippen molar-refractivity contribution in [1.29, 1.82) is 0 Å². The van der Waals surface area contributed by atoms with Crippen molar-refractivity contribution in [3.63, 3.8) is 0 Å². The van der Waals surface area contributed by atoms with Crippen LogP contribution >= 0.6 is 11.3 Å². The van der Waals surface area contributed by atoms with Crippen molar-refractivity contribution in [1.82, 2.24) is 15.1 Å². The van der Waals surface area contributed by atoms with Gasteiger partial charge in [-0.1, -0.05) is 6.07 Å². The lowest BCUT2D eigenvalue weighted by molar-refractivity contribution is 0.0737. The third-order valence-electron chi connectivity index (χ3n) is 3.84. The zero-order valence-electron chi connectivity index (χ0n) is 11.4. The van der Waals surface area contributed by atoms with Gasteiger partial charge in [-0.25, -0.2) is 0 Å². The molecule has 3 N–H and O–H groups in total. The molecule has 106 valence electrons. The summed E-state index contributed by atoms with van der Waals surface area (Å²) >= 11 is 1.63. The predicted molar refractivity (Wildman–Crippen MR) is 79.6 cm³/mol. The largest absolute Gasteiger partial charge is 0.334 e. The summed E-state index contributed by atoms with van der Waals surface area (Å²) in [6, 6.07) is 6.06. The normalized spacial score (nSPS) is 22.4. The second kappa shape index (κ2) is 5.38. The minimum absolute atomic E-state index is 0.00694. The highest BCUT2D eigenvalue weighted by atomic mass is 32.1. The third kappa shape index (κ3) is 2.36. The van der Waals surface area contributed by atoms with E-state index in [1.807, 2.05) is 28.5 Å². The van der Waals surface area contributed by atoms with E-state index in [1.54, 1.807) is 11.3 Å². The van der Waals surface area contributed by atoms with Crippen LogP contribution in [0.1, 0.15) is 23.8 Å². The number of hydrogen-bond acceptors (Lipinski definition) is 4. The number of hydrogen-bond donors (Lipinski definition) is 2. The summed E-state index contributed by atoms with van der Waals surface area (Å²) in [5, 5.41) is 9.11. The maximum atomic E-state index is 12.5. The molecule has 1 aliphatic rings. The Labute approximate surface area is 121 Å². The summed E-state index contributed by atoms with van der Waals surface area (Å²) in [6.45, 7) is 3.44. The lowest BCUT2D eigenvalue weighted by Gasteiger charge is -2.20. The van der Waals surface area contributed by atoms with Crippen LogP contribution in [0.15, 0.2) is 23.6 Å². The molecule has 0 aliphatic carbocycles. The molecule has 0 radical (unpaired) electrons. The standard InChI is InChI=1S/C14H18N4OS/c1-9-5-10(7-15)8-18(9)14(19)12-6-11(16-17-12)13-3-2-4-20-13/h2-4,6,9-10H,5,7-8,15H2,1H3,(H,16,17). The first kappa shape index (κ1) is 13.3. The molecular formula is C14H18N4OS. The number of aromatic nitrogens is 2. The zero-order chi connectivity index (χ0) is 14.1. The van der Waals surface area contributed by atoms with Gasteiger partial charge in [0.05, 0.1) is 10.6 Å². The number of aromatic amines is 1. The number of thiophene rings is 1. The molecule has 1 aliphatic heterocycles. The molecule has 0 spiro atoms. The summed E-state index contributed by atoms with van der Waals surface area (Å²) in [7, 11) is 0. The van der Waals surface area contributed by atoms with E-state index in [4.69, 9.17) is 5.73 Å². The van der Waals surface area contributed by atoms with Crippen LogP contribution in [0.3, 0.4) is 0 Å². The molecule has 0 bridgehead atoms. The van der Waals surface area contributed by atoms with Crippen molar-refractivity contribution in [3.8, 4) is 10.6 Å². The summed E-state index contributed by atoms with van der Waals surface area (Å²) in [4.78, 5) is 15.5. The molecule has 2 aromatic rings. The summed E-state index contributed by atoms with van der Waals surface area (Å²) in [5.41, 5.74) is 7.09. The van der Waals surface area contributed by atoms with Crippen molar-refractivity contribution in [2.45, 2.75) is 19.4 Å². The molecular weight excluding hydrogens is 272 g/mol. The fourth-order valence-electron chi connectivity index (χ4n) is 2.73. The molecule has 5 nitrogen and oxygen atoms in total. The number of carbonyl (C=O) groups is 1. The Morgan fingerprint density at radius 1 is 1.65 bits per heavy atom. The van der Waals surface area contributed by atoms with Crippen molar-refractivity contribution >= 4 is 17.2 Å². The molecule has 0 saturated carbocycles. The van der Waals surface area contributed by atoms with Crippen LogP contribution in [0.2, 0.25) is 0 Å². The van der Waals surface area contributed by atoms with E-state index in [0.29, 0.717) is 18.2 Å². The molecule has 2 atom stereocenters. The number of rotatable bonds is 3. The SMILES string of the molecule is CC1CC(CN)CN1C(=O)c1cc(-c2cccs2)[nH]n1. The molecule has 3 heterocycles. The van der Waals surface area contributed by atoms with Crippen LogP contribution < -0.4 is 5.73 Å². The Balaban J connectivity index is 1.78. The second-order valence-electron chi connectivity index (χ2n) is 5.29. The Bertz CT molecular complexity index is 592. The van der Waals surface area contributed by atoms with Gasteiger partial charge in [0.15, 0.2) is 5.69 Å². The zero-order valence-corrected chi connectivity index (χ0v) is 12.2. The fourth-order valence-corrected chi connectivity index (χ4v) is 3.43. The highest BCUT2D eigenvalue weighted by Gasteiger charge is 2.33. The van der Waals surface area contributed by atoms with E-state index in [0.717, 1.165) is 23.5 Å². The van der Waals surface area contributed by atoms with Crippen molar-refractivity contribution in [3.05, 3.63) is 29.3 Å². The predicted octanol–water partition coefficient (Wildman–Crippen LogP) is 1.95. The van der Waals surface area contributed by atoms with Gasteiger partial charge < -0.3 is 10.6 Å². The monoisotopic (exact) mass is 290 g/mol. The molecule has 2 unspecified atom stereocenters. The first-order valence-electron chi connectivity index (χ1n) is 6.79. The summed E-state index contributed by atoms with van der Waals surface area (Å²) < 4.78 is 0. The van der Waals surface area contributed by atoms with Crippen LogP contribution in [-0.2, 0) is 0 Å². The highest BCUT2D eigenvalue weighted by Crippen LogP contribution is 2.26. The Morgan fingerprint density at radius 2 is 2.50 bits per heavy atom. The minimum atomic E-state index is -0.00694. The molecule has 1 fully saturated rings. The molecule has 1 amide bonds. The number of carbonyl (C=O) groups excluding carboxylic acids is 1. The topological polar surface area (TPSA) is 75.0 Å². The van der Waals surface area contributed by atoms with Gasteiger partial charge in [-0.15, -0.1) is 11.3 Å². The van der Waals surface area contributed by atoms with Gasteiger partial charge in [0.2, 0.25) is 0 Å². The van der Waals surface area contributed by atoms with Crippen LogP contribution in [0, 0.1) is 5.92 Å². The smallest absolute Gasteiger partial charge is 0.274 e. The summed E-state index contributed by atoms with van der Waals surface area (Å²) in [6.07, 6.45) is 0.977.